The molecule has 3 rings (SSSR count). The minimum Gasteiger partial charge on any atom is -0.482 e. The number of carbonyl (C=O) groups is 1. The number of pyridine rings is 1. The highest BCUT2D eigenvalue weighted by Crippen LogP contribution is 2.28. The molecule has 5 nitrogen and oxygen atoms in total. The van der Waals surface area contributed by atoms with Gasteiger partial charge in [-0.1, -0.05) is 35.9 Å². The normalized spacial score (nSPS) is 11.7. The molecule has 1 aromatic heterocycles. The van der Waals surface area contributed by atoms with Crippen LogP contribution < -0.4 is 15.8 Å². The van der Waals surface area contributed by atoms with Crippen molar-refractivity contribution in [2.24, 2.45) is 0 Å². The van der Waals surface area contributed by atoms with Gasteiger partial charge in [0, 0.05) is 23.5 Å². The lowest BCUT2D eigenvalue weighted by Gasteiger charge is -2.17. The summed E-state index contributed by atoms with van der Waals surface area (Å²) in [5.41, 5.74) is 9.05. The fourth-order valence-electron chi connectivity index (χ4n) is 2.64. The van der Waals surface area contributed by atoms with E-state index in [9.17, 15) is 4.79 Å². The topological polar surface area (TPSA) is 77.2 Å². The fourth-order valence-corrected chi connectivity index (χ4v) is 2.79. The number of aryl methyl sites for hydroxylation is 1. The summed E-state index contributed by atoms with van der Waals surface area (Å²) in [5.74, 6) is 0.489. The number of ether oxygens (including phenoxy) is 1. The van der Waals surface area contributed by atoms with Crippen LogP contribution in [0.3, 0.4) is 0 Å². The van der Waals surface area contributed by atoms with Crippen molar-refractivity contribution in [2.75, 3.05) is 11.1 Å². The van der Waals surface area contributed by atoms with E-state index in [-0.39, 0.29) is 17.8 Å². The van der Waals surface area contributed by atoms with Crippen LogP contribution in [0, 0.1) is 6.92 Å². The third-order valence-electron chi connectivity index (χ3n) is 4.05. The van der Waals surface area contributed by atoms with Crippen LogP contribution in [0.15, 0.2) is 60.8 Å². The van der Waals surface area contributed by atoms with Crippen molar-refractivity contribution >= 4 is 29.0 Å². The van der Waals surface area contributed by atoms with E-state index in [0.717, 1.165) is 16.8 Å². The highest BCUT2D eigenvalue weighted by Gasteiger charge is 2.14. The van der Waals surface area contributed by atoms with Gasteiger partial charge in [0.25, 0.3) is 5.91 Å². The predicted molar refractivity (Wildman–Crippen MR) is 108 cm³/mol. The van der Waals surface area contributed by atoms with Crippen molar-refractivity contribution in [1.82, 2.24) is 4.98 Å². The number of nitrogen functional groups attached to an aromatic ring is 1. The molecular weight excluding hydrogens is 362 g/mol. The number of nitrogens with two attached hydrogens (primary N) is 1. The number of anilines is 2. The molecule has 27 heavy (non-hydrogen) atoms. The first-order chi connectivity index (χ1) is 12.9. The van der Waals surface area contributed by atoms with E-state index in [0.29, 0.717) is 16.3 Å². The molecule has 0 bridgehead atoms. The van der Waals surface area contributed by atoms with Gasteiger partial charge in [-0.25, -0.2) is 4.98 Å². The first-order valence-corrected chi connectivity index (χ1v) is 8.86. The van der Waals surface area contributed by atoms with Gasteiger partial charge < -0.3 is 15.8 Å². The molecule has 3 N–H and O–H groups in total. The first-order valence-electron chi connectivity index (χ1n) is 8.48. The molecular formula is C21H20ClN3O2. The van der Waals surface area contributed by atoms with Crippen molar-refractivity contribution in [3.63, 3.8) is 0 Å². The Kier molecular flexibility index (Phi) is 5.62. The summed E-state index contributed by atoms with van der Waals surface area (Å²) in [4.78, 5) is 16.5. The van der Waals surface area contributed by atoms with E-state index in [1.54, 1.807) is 18.2 Å². The van der Waals surface area contributed by atoms with Crippen LogP contribution in [-0.2, 0) is 0 Å². The molecule has 0 radical (unpaired) electrons. The highest BCUT2D eigenvalue weighted by molar-refractivity contribution is 6.30. The second-order valence-electron chi connectivity index (χ2n) is 6.25. The number of carbonyl (C=O) groups excluding carboxylic acids is 1. The van der Waals surface area contributed by atoms with Gasteiger partial charge in [0.05, 0.1) is 5.02 Å². The SMILES string of the molecule is Cc1cccc(NC(=O)c2cccc(C(C)Oc3cc(Cl)cnc3N)c2)c1. The minimum absolute atomic E-state index is 0.182. The predicted octanol–water partition coefficient (Wildman–Crippen LogP) is 5.02. The number of rotatable bonds is 5. The number of hydrogen-bond acceptors (Lipinski definition) is 4. The maximum atomic E-state index is 12.6. The molecule has 6 heteroatoms. The van der Waals surface area contributed by atoms with Crippen LogP contribution in [0.5, 0.6) is 5.75 Å². The van der Waals surface area contributed by atoms with E-state index >= 15 is 0 Å². The number of halogens is 1. The van der Waals surface area contributed by atoms with Crippen molar-refractivity contribution in [3.8, 4) is 5.75 Å². The number of amides is 1. The lowest BCUT2D eigenvalue weighted by molar-refractivity contribution is 0.102. The summed E-state index contributed by atoms with van der Waals surface area (Å²) >= 11 is 5.95. The van der Waals surface area contributed by atoms with Crippen molar-refractivity contribution in [1.29, 1.82) is 0 Å². The fraction of sp³-hybridized carbons (Fsp3) is 0.143. The molecule has 1 heterocycles. The van der Waals surface area contributed by atoms with Crippen LogP contribution in [0.2, 0.25) is 5.02 Å². The van der Waals surface area contributed by atoms with Gasteiger partial charge in [0.1, 0.15) is 6.10 Å². The zero-order valence-electron chi connectivity index (χ0n) is 15.1. The molecule has 3 aromatic rings. The Morgan fingerprint density at radius 3 is 2.74 bits per heavy atom. The Labute approximate surface area is 163 Å². The zero-order valence-corrected chi connectivity index (χ0v) is 15.8. The standard InChI is InChI=1S/C21H20ClN3O2/c1-13-5-3-8-18(9-13)25-21(26)16-7-4-6-15(10-16)14(2)27-19-11-17(22)12-24-20(19)23/h3-12,14H,1-2H3,(H2,23,24)(H,25,26). The Hall–Kier alpha value is -3.05. The number of aromatic nitrogens is 1. The van der Waals surface area contributed by atoms with Crippen molar-refractivity contribution in [3.05, 3.63) is 82.5 Å². The lowest BCUT2D eigenvalue weighted by atomic mass is 10.1. The Bertz CT molecular complexity index is 975. The summed E-state index contributed by atoms with van der Waals surface area (Å²) in [5, 5.41) is 3.35. The minimum atomic E-state index is -0.334. The van der Waals surface area contributed by atoms with Gasteiger partial charge in [-0.3, -0.25) is 4.79 Å². The van der Waals surface area contributed by atoms with Crippen LogP contribution in [0.25, 0.3) is 0 Å². The maximum Gasteiger partial charge on any atom is 0.255 e. The second kappa shape index (κ2) is 8.10. The smallest absolute Gasteiger partial charge is 0.255 e. The molecule has 0 saturated carbocycles. The van der Waals surface area contributed by atoms with E-state index < -0.39 is 0 Å². The average molecular weight is 382 g/mol. The molecule has 0 spiro atoms. The Morgan fingerprint density at radius 2 is 1.96 bits per heavy atom. The third-order valence-corrected chi connectivity index (χ3v) is 4.25. The monoisotopic (exact) mass is 381 g/mol. The Balaban J connectivity index is 1.76. The van der Waals surface area contributed by atoms with Crippen LogP contribution in [0.1, 0.15) is 34.5 Å². The molecule has 0 aliphatic carbocycles. The molecule has 138 valence electrons. The molecule has 2 aromatic carbocycles. The average Bonchev–Trinajstić information content (AvgIpc) is 2.65. The summed E-state index contributed by atoms with van der Waals surface area (Å²) in [6, 6.07) is 16.5. The number of nitrogens with one attached hydrogen (secondary N) is 1. The number of nitrogens with zero attached hydrogens (tertiary/aromatic N) is 1. The van der Waals surface area contributed by atoms with E-state index in [1.165, 1.54) is 6.20 Å². The summed E-state index contributed by atoms with van der Waals surface area (Å²) < 4.78 is 5.88. The van der Waals surface area contributed by atoms with Gasteiger partial charge in [0.2, 0.25) is 0 Å². The zero-order chi connectivity index (χ0) is 19.4. The lowest BCUT2D eigenvalue weighted by Crippen LogP contribution is -2.13. The Morgan fingerprint density at radius 1 is 1.19 bits per heavy atom. The molecule has 0 aliphatic heterocycles. The first kappa shape index (κ1) is 18.7. The van der Waals surface area contributed by atoms with Gasteiger partial charge in [-0.2, -0.15) is 0 Å². The highest BCUT2D eigenvalue weighted by atomic mass is 35.5. The summed E-state index contributed by atoms with van der Waals surface area (Å²) in [6.07, 6.45) is 1.13. The maximum absolute atomic E-state index is 12.6. The largest absolute Gasteiger partial charge is 0.482 e. The van der Waals surface area contributed by atoms with Gasteiger partial charge in [-0.05, 0) is 49.2 Å². The van der Waals surface area contributed by atoms with E-state index in [1.807, 2.05) is 50.2 Å². The quantitative estimate of drug-likeness (QED) is 0.650. The number of benzene rings is 2. The van der Waals surface area contributed by atoms with E-state index in [4.69, 9.17) is 22.1 Å². The molecule has 1 amide bonds. The molecule has 1 unspecified atom stereocenters. The van der Waals surface area contributed by atoms with Crippen LogP contribution in [-0.4, -0.2) is 10.9 Å². The molecule has 0 fully saturated rings. The third kappa shape index (κ3) is 4.77. The number of hydrogen-bond donors (Lipinski definition) is 2. The molecule has 0 saturated heterocycles. The molecule has 1 atom stereocenters. The summed E-state index contributed by atoms with van der Waals surface area (Å²) in [6.45, 7) is 3.85. The second-order valence-corrected chi connectivity index (χ2v) is 6.68. The van der Waals surface area contributed by atoms with Gasteiger partial charge in [-0.15, -0.1) is 0 Å². The summed E-state index contributed by atoms with van der Waals surface area (Å²) in [7, 11) is 0. The molecule has 0 aliphatic rings. The van der Waals surface area contributed by atoms with E-state index in [2.05, 4.69) is 10.3 Å². The van der Waals surface area contributed by atoms with Gasteiger partial charge in [0.15, 0.2) is 11.6 Å². The van der Waals surface area contributed by atoms with Crippen LogP contribution in [0.4, 0.5) is 11.5 Å². The van der Waals surface area contributed by atoms with Gasteiger partial charge >= 0.3 is 0 Å². The van der Waals surface area contributed by atoms with Crippen molar-refractivity contribution < 1.29 is 9.53 Å². The van der Waals surface area contributed by atoms with Crippen molar-refractivity contribution in [2.45, 2.75) is 20.0 Å². The van der Waals surface area contributed by atoms with Crippen LogP contribution >= 0.6 is 11.6 Å².